The number of benzene rings is 1. The third kappa shape index (κ3) is 2.73. The molecule has 1 aliphatic rings. The Morgan fingerprint density at radius 3 is 2.56 bits per heavy atom. The maximum atomic E-state index is 2.27. The first-order valence-electron chi connectivity index (χ1n) is 5.87. The Labute approximate surface area is 98.0 Å². The minimum absolute atomic E-state index is 0.645. The van der Waals surface area contributed by atoms with Crippen LogP contribution in [0.25, 0.3) is 6.08 Å². The fourth-order valence-corrected chi connectivity index (χ4v) is 1.85. The van der Waals surface area contributed by atoms with Crippen LogP contribution in [0.2, 0.25) is 0 Å². The summed E-state index contributed by atoms with van der Waals surface area (Å²) in [6.07, 6.45) is 12.2. The molecule has 1 atom stereocenters. The third-order valence-corrected chi connectivity index (χ3v) is 3.03. The van der Waals surface area contributed by atoms with Crippen LogP contribution in [0, 0.1) is 12.8 Å². The molecule has 0 aromatic heterocycles. The summed E-state index contributed by atoms with van der Waals surface area (Å²) < 4.78 is 0. The highest BCUT2D eigenvalue weighted by molar-refractivity contribution is 5.54. The van der Waals surface area contributed by atoms with Crippen molar-refractivity contribution in [2.45, 2.75) is 20.3 Å². The van der Waals surface area contributed by atoms with Crippen molar-refractivity contribution in [3.05, 3.63) is 65.3 Å². The molecule has 0 aliphatic heterocycles. The van der Waals surface area contributed by atoms with Gasteiger partial charge in [0.1, 0.15) is 0 Å². The smallest absolute Gasteiger partial charge is 0.0156 e. The summed E-state index contributed by atoms with van der Waals surface area (Å²) in [5.41, 5.74) is 4.00. The average molecular weight is 210 g/mol. The van der Waals surface area contributed by atoms with Crippen LogP contribution in [0.1, 0.15) is 24.5 Å². The lowest BCUT2D eigenvalue weighted by atomic mass is 9.93. The van der Waals surface area contributed by atoms with Gasteiger partial charge in [-0.25, -0.2) is 0 Å². The first kappa shape index (κ1) is 10.9. The first-order valence-corrected chi connectivity index (χ1v) is 5.87. The van der Waals surface area contributed by atoms with Crippen LogP contribution in [0.3, 0.4) is 0 Å². The summed E-state index contributed by atoms with van der Waals surface area (Å²) in [7, 11) is 0. The van der Waals surface area contributed by atoms with Crippen LogP contribution >= 0.6 is 0 Å². The minimum Gasteiger partial charge on any atom is -0.0839 e. The molecule has 0 saturated carbocycles. The number of hydrogen-bond donors (Lipinski definition) is 0. The second kappa shape index (κ2) is 4.98. The van der Waals surface area contributed by atoms with Crippen molar-refractivity contribution < 1.29 is 0 Å². The van der Waals surface area contributed by atoms with Crippen molar-refractivity contribution in [3.63, 3.8) is 0 Å². The molecule has 0 nitrogen and oxygen atoms in total. The summed E-state index contributed by atoms with van der Waals surface area (Å²) in [4.78, 5) is 0. The van der Waals surface area contributed by atoms with E-state index >= 15 is 0 Å². The summed E-state index contributed by atoms with van der Waals surface area (Å²) in [6, 6.07) is 8.63. The number of allylic oxidation sites excluding steroid dienone is 5. The van der Waals surface area contributed by atoms with Gasteiger partial charge < -0.3 is 0 Å². The van der Waals surface area contributed by atoms with E-state index in [2.05, 4.69) is 68.5 Å². The van der Waals surface area contributed by atoms with E-state index in [1.54, 1.807) is 0 Å². The lowest BCUT2D eigenvalue weighted by Gasteiger charge is -2.13. The second-order valence-corrected chi connectivity index (χ2v) is 4.48. The van der Waals surface area contributed by atoms with E-state index in [9.17, 15) is 0 Å². The predicted octanol–water partition coefficient (Wildman–Crippen LogP) is 4.53. The van der Waals surface area contributed by atoms with Crippen LogP contribution in [0.15, 0.2) is 54.1 Å². The maximum absolute atomic E-state index is 2.27. The quantitative estimate of drug-likeness (QED) is 0.672. The van der Waals surface area contributed by atoms with Gasteiger partial charge >= 0.3 is 0 Å². The molecule has 0 amide bonds. The highest BCUT2D eigenvalue weighted by atomic mass is 14.1. The molecule has 0 heterocycles. The summed E-state index contributed by atoms with van der Waals surface area (Å²) in [6.45, 7) is 4.39. The molecule has 1 aromatic carbocycles. The zero-order chi connectivity index (χ0) is 11.4. The minimum atomic E-state index is 0.645. The lowest BCUT2D eigenvalue weighted by molar-refractivity contribution is 0.705. The fourth-order valence-electron chi connectivity index (χ4n) is 1.85. The van der Waals surface area contributed by atoms with E-state index in [4.69, 9.17) is 0 Å². The van der Waals surface area contributed by atoms with Gasteiger partial charge in [-0.3, -0.25) is 0 Å². The van der Waals surface area contributed by atoms with Crippen LogP contribution in [-0.4, -0.2) is 0 Å². The number of rotatable bonds is 2. The van der Waals surface area contributed by atoms with Crippen molar-refractivity contribution in [1.82, 2.24) is 0 Å². The SMILES string of the molecule is Cc1ccc(/C=C/C2=CC=CCC2C)cc1. The Morgan fingerprint density at radius 2 is 1.88 bits per heavy atom. The van der Waals surface area contributed by atoms with E-state index < -0.39 is 0 Å². The van der Waals surface area contributed by atoms with Gasteiger partial charge in [0.15, 0.2) is 0 Å². The van der Waals surface area contributed by atoms with Crippen LogP contribution in [-0.2, 0) is 0 Å². The molecule has 1 aromatic rings. The highest BCUT2D eigenvalue weighted by Gasteiger charge is 2.05. The molecule has 0 bridgehead atoms. The summed E-state index contributed by atoms with van der Waals surface area (Å²) in [5, 5.41) is 0. The molecule has 0 spiro atoms. The molecular weight excluding hydrogens is 192 g/mol. The molecule has 0 radical (unpaired) electrons. The Bertz CT molecular complexity index is 430. The monoisotopic (exact) mass is 210 g/mol. The summed E-state index contributed by atoms with van der Waals surface area (Å²) in [5.74, 6) is 0.645. The van der Waals surface area contributed by atoms with E-state index in [0.29, 0.717) is 5.92 Å². The third-order valence-electron chi connectivity index (χ3n) is 3.03. The largest absolute Gasteiger partial charge is 0.0839 e. The Morgan fingerprint density at radius 1 is 1.12 bits per heavy atom. The van der Waals surface area contributed by atoms with Gasteiger partial charge in [0.2, 0.25) is 0 Å². The number of aryl methyl sites for hydroxylation is 1. The van der Waals surface area contributed by atoms with Crippen molar-refractivity contribution in [1.29, 1.82) is 0 Å². The second-order valence-electron chi connectivity index (χ2n) is 4.48. The van der Waals surface area contributed by atoms with Gasteiger partial charge in [0.25, 0.3) is 0 Å². The van der Waals surface area contributed by atoms with Crippen LogP contribution < -0.4 is 0 Å². The Balaban J connectivity index is 2.12. The maximum Gasteiger partial charge on any atom is -0.0156 e. The standard InChI is InChI=1S/C16H18/c1-13-7-9-15(10-8-13)11-12-16-6-4-3-5-14(16)2/h3-4,6-12,14H,5H2,1-2H3/b12-11+. The van der Waals surface area contributed by atoms with E-state index in [0.717, 1.165) is 6.42 Å². The zero-order valence-corrected chi connectivity index (χ0v) is 9.98. The van der Waals surface area contributed by atoms with Crippen LogP contribution in [0.5, 0.6) is 0 Å². The first-order chi connectivity index (χ1) is 7.75. The van der Waals surface area contributed by atoms with E-state index in [-0.39, 0.29) is 0 Å². The van der Waals surface area contributed by atoms with Gasteiger partial charge in [-0.15, -0.1) is 0 Å². The molecule has 0 fully saturated rings. The van der Waals surface area contributed by atoms with Gasteiger partial charge in [-0.1, -0.05) is 67.1 Å². The molecular formula is C16H18. The molecule has 1 aliphatic carbocycles. The predicted molar refractivity (Wildman–Crippen MR) is 71.2 cm³/mol. The van der Waals surface area contributed by atoms with E-state index in [1.165, 1.54) is 16.7 Å². The lowest BCUT2D eigenvalue weighted by Crippen LogP contribution is -1.98. The zero-order valence-electron chi connectivity index (χ0n) is 9.98. The van der Waals surface area contributed by atoms with Crippen molar-refractivity contribution in [2.75, 3.05) is 0 Å². The molecule has 1 unspecified atom stereocenters. The Kier molecular flexibility index (Phi) is 3.40. The van der Waals surface area contributed by atoms with Gasteiger partial charge in [-0.2, -0.15) is 0 Å². The molecule has 0 saturated heterocycles. The van der Waals surface area contributed by atoms with Crippen molar-refractivity contribution >= 4 is 6.08 Å². The molecule has 0 heteroatoms. The average Bonchev–Trinajstić information content (AvgIpc) is 2.30. The molecule has 82 valence electrons. The van der Waals surface area contributed by atoms with Gasteiger partial charge in [0.05, 0.1) is 0 Å². The summed E-state index contributed by atoms with van der Waals surface area (Å²) >= 11 is 0. The normalized spacial score (nSPS) is 20.1. The Hall–Kier alpha value is -1.56. The van der Waals surface area contributed by atoms with Crippen molar-refractivity contribution in [2.24, 2.45) is 5.92 Å². The number of hydrogen-bond acceptors (Lipinski definition) is 0. The van der Waals surface area contributed by atoms with E-state index in [1.807, 2.05) is 0 Å². The molecule has 2 rings (SSSR count). The molecule has 16 heavy (non-hydrogen) atoms. The fraction of sp³-hybridized carbons (Fsp3) is 0.250. The van der Waals surface area contributed by atoms with Gasteiger partial charge in [0, 0.05) is 0 Å². The molecule has 0 N–H and O–H groups in total. The van der Waals surface area contributed by atoms with Crippen molar-refractivity contribution in [3.8, 4) is 0 Å². The topological polar surface area (TPSA) is 0 Å². The van der Waals surface area contributed by atoms with Crippen LogP contribution in [0.4, 0.5) is 0 Å². The van der Waals surface area contributed by atoms with Gasteiger partial charge in [-0.05, 0) is 30.4 Å². The highest BCUT2D eigenvalue weighted by Crippen LogP contribution is 2.21.